The van der Waals surface area contributed by atoms with Crippen LogP contribution in [0, 0.1) is 12.8 Å². The Morgan fingerprint density at radius 2 is 1.95 bits per heavy atom. The van der Waals surface area contributed by atoms with E-state index in [-0.39, 0.29) is 6.04 Å². The maximum absolute atomic E-state index is 11.5. The van der Waals surface area contributed by atoms with E-state index in [1.54, 1.807) is 0 Å². The van der Waals surface area contributed by atoms with Gasteiger partial charge in [-0.1, -0.05) is 35.9 Å². The molecule has 3 saturated heterocycles. The molecule has 0 radical (unpaired) electrons. The molecule has 1 aromatic rings. The van der Waals surface area contributed by atoms with E-state index >= 15 is 0 Å². The Labute approximate surface area is 122 Å². The van der Waals surface area contributed by atoms with E-state index in [4.69, 9.17) is 0 Å². The highest BCUT2D eigenvalue weighted by Gasteiger charge is 2.53. The summed E-state index contributed by atoms with van der Waals surface area (Å²) in [6.07, 6.45) is 6.19. The van der Waals surface area contributed by atoms with Crippen molar-refractivity contribution in [3.63, 3.8) is 0 Å². The molecule has 2 atom stereocenters. The average molecular weight is 271 g/mol. The number of aliphatic hydroxyl groups is 1. The van der Waals surface area contributed by atoms with Gasteiger partial charge in [-0.25, -0.2) is 0 Å². The smallest absolute Gasteiger partial charge is 0.108 e. The number of benzene rings is 1. The summed E-state index contributed by atoms with van der Waals surface area (Å²) in [5.74, 6) is 0.407. The number of fused-ring (bicyclic) bond motifs is 3. The van der Waals surface area contributed by atoms with Crippen molar-refractivity contribution in [2.24, 2.45) is 5.92 Å². The van der Waals surface area contributed by atoms with Crippen LogP contribution in [0.3, 0.4) is 0 Å². The fourth-order valence-corrected chi connectivity index (χ4v) is 4.13. The third-order valence-electron chi connectivity index (χ3n) is 5.26. The quantitative estimate of drug-likeness (QED) is 0.850. The summed E-state index contributed by atoms with van der Waals surface area (Å²) >= 11 is 0. The van der Waals surface area contributed by atoms with E-state index in [9.17, 15) is 5.11 Å². The monoisotopic (exact) mass is 271 g/mol. The van der Waals surface area contributed by atoms with Crippen LogP contribution < -0.4 is 0 Å². The lowest BCUT2D eigenvalue weighted by Crippen LogP contribution is -2.63. The Kier molecular flexibility index (Phi) is 3.70. The molecule has 2 nitrogen and oxygen atoms in total. The first-order chi connectivity index (χ1) is 9.66. The summed E-state index contributed by atoms with van der Waals surface area (Å²) in [4.78, 5) is 2.49. The zero-order chi connectivity index (χ0) is 14.2. The minimum absolute atomic E-state index is 0.246. The number of hydrogen-bond acceptors (Lipinski definition) is 2. The fourth-order valence-electron chi connectivity index (χ4n) is 4.13. The molecule has 0 amide bonds. The minimum Gasteiger partial charge on any atom is -0.383 e. The number of nitrogens with zero attached hydrogens (tertiary/aromatic N) is 1. The maximum atomic E-state index is 11.5. The van der Waals surface area contributed by atoms with Crippen LogP contribution in [-0.2, 0) is 5.60 Å². The summed E-state index contributed by atoms with van der Waals surface area (Å²) in [5.41, 5.74) is 1.68. The molecular formula is C18H25NO. The molecule has 1 N–H and O–H groups in total. The Morgan fingerprint density at radius 3 is 2.55 bits per heavy atom. The van der Waals surface area contributed by atoms with Crippen LogP contribution in [-0.4, -0.2) is 29.1 Å². The molecular weight excluding hydrogens is 246 g/mol. The normalized spacial score (nSPS) is 36.0. The largest absolute Gasteiger partial charge is 0.383 e. The minimum atomic E-state index is -0.673. The standard InChI is InChI=1S/C18H25NO/c1-3-4-5-17-18(20,15-8-6-14(2)7-9-15)16-10-12-19(17)13-11-16/h3,6-9,16-17,20H,1,4-5,10-13H2,2H3. The Hall–Kier alpha value is -1.12. The molecule has 0 aliphatic carbocycles. The molecule has 1 aromatic carbocycles. The topological polar surface area (TPSA) is 23.5 Å². The van der Waals surface area contributed by atoms with Crippen LogP contribution in [0.5, 0.6) is 0 Å². The third kappa shape index (κ3) is 2.11. The van der Waals surface area contributed by atoms with Gasteiger partial charge >= 0.3 is 0 Å². The second kappa shape index (κ2) is 5.34. The van der Waals surface area contributed by atoms with Gasteiger partial charge in [-0.3, -0.25) is 4.90 Å². The van der Waals surface area contributed by atoms with Gasteiger partial charge in [-0.15, -0.1) is 6.58 Å². The molecule has 0 aromatic heterocycles. The highest BCUT2D eigenvalue weighted by molar-refractivity contribution is 5.30. The number of allylic oxidation sites excluding steroid dienone is 1. The van der Waals surface area contributed by atoms with E-state index in [1.807, 2.05) is 6.08 Å². The number of hydrogen-bond donors (Lipinski definition) is 1. The molecule has 2 heteroatoms. The Balaban J connectivity index is 1.97. The van der Waals surface area contributed by atoms with E-state index in [0.717, 1.165) is 44.3 Å². The SMILES string of the molecule is C=CCCC1N2CCC(CC2)C1(O)c1ccc(C)cc1. The van der Waals surface area contributed by atoms with Crippen LogP contribution >= 0.6 is 0 Å². The molecule has 2 bridgehead atoms. The first-order valence-corrected chi connectivity index (χ1v) is 7.80. The maximum Gasteiger partial charge on any atom is 0.108 e. The van der Waals surface area contributed by atoms with Crippen molar-refractivity contribution in [1.82, 2.24) is 4.90 Å². The molecule has 108 valence electrons. The summed E-state index contributed by atoms with van der Waals surface area (Å²) in [7, 11) is 0. The fraction of sp³-hybridized carbons (Fsp3) is 0.556. The second-order valence-corrected chi connectivity index (χ2v) is 6.38. The molecule has 3 heterocycles. The number of piperidine rings is 3. The molecule has 3 aliphatic heterocycles. The van der Waals surface area contributed by atoms with Crippen LogP contribution in [0.15, 0.2) is 36.9 Å². The first-order valence-electron chi connectivity index (χ1n) is 7.80. The average Bonchev–Trinajstić information content (AvgIpc) is 2.48. The summed E-state index contributed by atoms with van der Waals surface area (Å²) in [6.45, 7) is 8.21. The third-order valence-corrected chi connectivity index (χ3v) is 5.26. The predicted octanol–water partition coefficient (Wildman–Crippen LogP) is 3.24. The van der Waals surface area contributed by atoms with Crippen LogP contribution in [0.4, 0.5) is 0 Å². The van der Waals surface area contributed by atoms with E-state index in [1.165, 1.54) is 5.56 Å². The lowest BCUT2D eigenvalue weighted by Gasteiger charge is -2.56. The van der Waals surface area contributed by atoms with Crippen LogP contribution in [0.25, 0.3) is 0 Å². The highest BCUT2D eigenvalue weighted by Crippen LogP contribution is 2.48. The van der Waals surface area contributed by atoms with Gasteiger partial charge in [0.1, 0.15) is 5.60 Å². The van der Waals surface area contributed by atoms with Crippen molar-refractivity contribution >= 4 is 0 Å². The first kappa shape index (κ1) is 13.8. The highest BCUT2D eigenvalue weighted by atomic mass is 16.3. The van der Waals surface area contributed by atoms with Gasteiger partial charge in [0.25, 0.3) is 0 Å². The van der Waals surface area contributed by atoms with Gasteiger partial charge in [-0.2, -0.15) is 0 Å². The van der Waals surface area contributed by atoms with Crippen molar-refractivity contribution in [3.8, 4) is 0 Å². The van der Waals surface area contributed by atoms with E-state index in [2.05, 4.69) is 42.7 Å². The molecule has 3 aliphatic rings. The van der Waals surface area contributed by atoms with Gasteiger partial charge in [0.2, 0.25) is 0 Å². The molecule has 0 saturated carbocycles. The Morgan fingerprint density at radius 1 is 1.30 bits per heavy atom. The molecule has 2 unspecified atom stereocenters. The molecule has 4 rings (SSSR count). The summed E-state index contributed by atoms with van der Waals surface area (Å²) in [5, 5.41) is 11.5. The molecule has 20 heavy (non-hydrogen) atoms. The number of rotatable bonds is 4. The zero-order valence-corrected chi connectivity index (χ0v) is 12.4. The molecule has 3 fully saturated rings. The van der Waals surface area contributed by atoms with Crippen LogP contribution in [0.2, 0.25) is 0 Å². The zero-order valence-electron chi connectivity index (χ0n) is 12.4. The van der Waals surface area contributed by atoms with E-state index in [0.29, 0.717) is 5.92 Å². The van der Waals surface area contributed by atoms with Gasteiger partial charge in [-0.05, 0) is 57.2 Å². The second-order valence-electron chi connectivity index (χ2n) is 6.38. The lowest BCUT2D eigenvalue weighted by atomic mass is 9.65. The Bertz CT molecular complexity index is 473. The number of aryl methyl sites for hydroxylation is 1. The lowest BCUT2D eigenvalue weighted by molar-refractivity contribution is -0.163. The van der Waals surface area contributed by atoms with Crippen molar-refractivity contribution in [2.45, 2.75) is 44.2 Å². The summed E-state index contributed by atoms with van der Waals surface area (Å²) < 4.78 is 0. The van der Waals surface area contributed by atoms with Crippen LogP contribution in [0.1, 0.15) is 36.8 Å². The van der Waals surface area contributed by atoms with E-state index < -0.39 is 5.60 Å². The van der Waals surface area contributed by atoms with Crippen molar-refractivity contribution in [1.29, 1.82) is 0 Å². The van der Waals surface area contributed by atoms with Gasteiger partial charge in [0, 0.05) is 6.04 Å². The van der Waals surface area contributed by atoms with Gasteiger partial charge in [0.15, 0.2) is 0 Å². The van der Waals surface area contributed by atoms with Crippen molar-refractivity contribution < 1.29 is 5.11 Å². The van der Waals surface area contributed by atoms with Gasteiger partial charge < -0.3 is 5.11 Å². The molecule has 0 spiro atoms. The van der Waals surface area contributed by atoms with Gasteiger partial charge in [0.05, 0.1) is 0 Å². The predicted molar refractivity (Wildman–Crippen MR) is 82.6 cm³/mol. The summed E-state index contributed by atoms with van der Waals surface area (Å²) in [6, 6.07) is 8.73. The van der Waals surface area contributed by atoms with Crippen molar-refractivity contribution in [2.75, 3.05) is 13.1 Å². The van der Waals surface area contributed by atoms with Crippen molar-refractivity contribution in [3.05, 3.63) is 48.0 Å².